The van der Waals surface area contributed by atoms with Crippen molar-refractivity contribution in [2.24, 2.45) is 0 Å². The zero-order valence-corrected chi connectivity index (χ0v) is 19.9. The van der Waals surface area contributed by atoms with E-state index in [0.29, 0.717) is 5.69 Å². The number of ether oxygens (including phenoxy) is 2. The number of amides is 1. The maximum atomic E-state index is 13.2. The van der Waals surface area contributed by atoms with Crippen LogP contribution in [-0.4, -0.2) is 46.5 Å². The largest absolute Gasteiger partial charge is 0.465 e. The maximum absolute atomic E-state index is 13.2. The van der Waals surface area contributed by atoms with E-state index in [1.165, 1.54) is 47.8 Å². The molecule has 0 aliphatic carbocycles. The van der Waals surface area contributed by atoms with Gasteiger partial charge in [0, 0.05) is 6.54 Å². The highest BCUT2D eigenvalue weighted by atomic mass is 32.2. The predicted octanol–water partition coefficient (Wildman–Crippen LogP) is 3.48. The highest BCUT2D eigenvalue weighted by Crippen LogP contribution is 2.24. The summed E-state index contributed by atoms with van der Waals surface area (Å²) in [5.41, 5.74) is 0.811. The van der Waals surface area contributed by atoms with Crippen molar-refractivity contribution >= 4 is 39.2 Å². The van der Waals surface area contributed by atoms with Crippen molar-refractivity contribution in [1.82, 2.24) is 0 Å². The minimum absolute atomic E-state index is 0.0297. The van der Waals surface area contributed by atoms with Crippen LogP contribution in [0.4, 0.5) is 11.4 Å². The molecule has 0 saturated carbocycles. The van der Waals surface area contributed by atoms with Gasteiger partial charge in [-0.3, -0.25) is 9.10 Å². The molecule has 0 unspecified atom stereocenters. The van der Waals surface area contributed by atoms with Crippen LogP contribution >= 0.6 is 0 Å². The van der Waals surface area contributed by atoms with E-state index in [4.69, 9.17) is 4.74 Å². The smallest absolute Gasteiger partial charge is 0.339 e. The fraction of sp³-hybridized carbons (Fsp3) is 0.160. The highest BCUT2D eigenvalue weighted by molar-refractivity contribution is 7.92. The van der Waals surface area contributed by atoms with Crippen LogP contribution in [0.25, 0.3) is 0 Å². The molecule has 3 rings (SSSR count). The second-order valence-electron chi connectivity index (χ2n) is 7.19. The topological polar surface area (TPSA) is 119 Å². The summed E-state index contributed by atoms with van der Waals surface area (Å²) in [4.78, 5) is 36.5. The van der Waals surface area contributed by atoms with E-state index in [2.05, 4.69) is 10.1 Å². The van der Waals surface area contributed by atoms with Gasteiger partial charge in [-0.1, -0.05) is 36.4 Å². The Morgan fingerprint density at radius 3 is 2.26 bits per heavy atom. The van der Waals surface area contributed by atoms with Crippen molar-refractivity contribution in [3.8, 4) is 0 Å². The molecule has 0 radical (unpaired) electrons. The van der Waals surface area contributed by atoms with Gasteiger partial charge in [-0.15, -0.1) is 0 Å². The van der Waals surface area contributed by atoms with Crippen LogP contribution in [0, 0.1) is 0 Å². The lowest BCUT2D eigenvalue weighted by Crippen LogP contribution is -2.30. The predicted molar refractivity (Wildman–Crippen MR) is 130 cm³/mol. The lowest BCUT2D eigenvalue weighted by molar-refractivity contribution is -0.119. The number of esters is 2. The van der Waals surface area contributed by atoms with Gasteiger partial charge in [-0.2, -0.15) is 0 Å². The number of carbonyl (C=O) groups excluding carboxylic acids is 3. The second kappa shape index (κ2) is 11.3. The number of hydrogen-bond acceptors (Lipinski definition) is 7. The minimum atomic E-state index is -3.95. The van der Waals surface area contributed by atoms with Crippen LogP contribution in [0.15, 0.2) is 83.8 Å². The Bertz CT molecular complexity index is 1320. The van der Waals surface area contributed by atoms with Crippen LogP contribution in [0.3, 0.4) is 0 Å². The molecule has 0 aliphatic rings. The number of carbonyl (C=O) groups is 3. The van der Waals surface area contributed by atoms with Gasteiger partial charge in [-0.05, 0) is 49.4 Å². The van der Waals surface area contributed by atoms with Crippen molar-refractivity contribution in [2.45, 2.75) is 11.8 Å². The van der Waals surface area contributed by atoms with E-state index in [1.807, 2.05) is 0 Å². The molecule has 0 atom stereocenters. The van der Waals surface area contributed by atoms with Crippen LogP contribution in [0.2, 0.25) is 0 Å². The van der Waals surface area contributed by atoms with Gasteiger partial charge >= 0.3 is 11.9 Å². The van der Waals surface area contributed by atoms with E-state index in [0.717, 1.165) is 0 Å². The zero-order valence-electron chi connectivity index (χ0n) is 19.1. The lowest BCUT2D eigenvalue weighted by Gasteiger charge is -2.23. The first kappa shape index (κ1) is 25.4. The van der Waals surface area contributed by atoms with Crippen LogP contribution in [-0.2, 0) is 24.3 Å². The number of para-hydroxylation sites is 2. The summed E-state index contributed by atoms with van der Waals surface area (Å²) < 4.78 is 37.3. The summed E-state index contributed by atoms with van der Waals surface area (Å²) in [6.45, 7) is 1.25. The molecule has 0 aromatic heterocycles. The first-order valence-electron chi connectivity index (χ1n) is 10.6. The maximum Gasteiger partial charge on any atom is 0.339 e. The number of nitrogens with one attached hydrogen (secondary N) is 1. The second-order valence-corrected chi connectivity index (χ2v) is 9.06. The fourth-order valence-electron chi connectivity index (χ4n) is 3.28. The Morgan fingerprint density at radius 2 is 1.57 bits per heavy atom. The molecule has 1 amide bonds. The number of methoxy groups -OCH3 is 1. The van der Waals surface area contributed by atoms with Gasteiger partial charge in [0.05, 0.1) is 34.5 Å². The Hall–Kier alpha value is -4.18. The van der Waals surface area contributed by atoms with Crippen LogP contribution in [0.1, 0.15) is 27.6 Å². The monoisotopic (exact) mass is 496 g/mol. The molecule has 3 aromatic rings. The lowest BCUT2D eigenvalue weighted by atomic mass is 10.2. The Balaban J connectivity index is 1.71. The molecule has 182 valence electrons. The molecule has 35 heavy (non-hydrogen) atoms. The average molecular weight is 497 g/mol. The van der Waals surface area contributed by atoms with E-state index in [9.17, 15) is 22.8 Å². The van der Waals surface area contributed by atoms with Crippen molar-refractivity contribution < 1.29 is 32.3 Å². The third-order valence-electron chi connectivity index (χ3n) is 4.93. The summed E-state index contributed by atoms with van der Waals surface area (Å²) in [6, 6.07) is 20.2. The zero-order chi connectivity index (χ0) is 25.4. The van der Waals surface area contributed by atoms with E-state index < -0.39 is 34.5 Å². The standard InChI is InChI=1S/C25H24N2O7S/c1-3-27(19-11-5-4-6-12-19)35(31,32)20-13-9-10-18(16-20)24(29)34-17-23(28)26-22-15-8-7-14-21(22)25(30)33-2/h4-16H,3,17H2,1-2H3,(H,26,28). The van der Waals surface area contributed by atoms with E-state index in [-0.39, 0.29) is 28.3 Å². The van der Waals surface area contributed by atoms with Crippen LogP contribution < -0.4 is 9.62 Å². The molecule has 0 aliphatic heterocycles. The van der Waals surface area contributed by atoms with Gasteiger partial charge in [-0.25, -0.2) is 18.0 Å². The van der Waals surface area contributed by atoms with Crippen molar-refractivity contribution in [1.29, 1.82) is 0 Å². The molecule has 1 N–H and O–H groups in total. The molecular formula is C25H24N2O7S. The highest BCUT2D eigenvalue weighted by Gasteiger charge is 2.25. The van der Waals surface area contributed by atoms with E-state index in [1.54, 1.807) is 49.4 Å². The minimum Gasteiger partial charge on any atom is -0.465 e. The SMILES string of the molecule is CCN(c1ccccc1)S(=O)(=O)c1cccc(C(=O)OCC(=O)Nc2ccccc2C(=O)OC)c1. The molecule has 0 saturated heterocycles. The number of benzene rings is 3. The van der Waals surface area contributed by atoms with Gasteiger partial charge in [0.1, 0.15) is 0 Å². The number of rotatable bonds is 9. The Morgan fingerprint density at radius 1 is 0.886 bits per heavy atom. The third-order valence-corrected chi connectivity index (χ3v) is 6.83. The number of nitrogens with zero attached hydrogens (tertiary/aromatic N) is 1. The third kappa shape index (κ3) is 6.04. The molecule has 0 fully saturated rings. The number of sulfonamides is 1. The first-order chi connectivity index (χ1) is 16.8. The summed E-state index contributed by atoms with van der Waals surface area (Å²) in [5.74, 6) is -2.19. The Labute approximate surface area is 203 Å². The van der Waals surface area contributed by atoms with Crippen LogP contribution in [0.5, 0.6) is 0 Å². The number of hydrogen-bond donors (Lipinski definition) is 1. The Kier molecular flexibility index (Phi) is 8.21. The molecule has 10 heteroatoms. The number of anilines is 2. The van der Waals surface area contributed by atoms with Gasteiger partial charge in [0.2, 0.25) is 0 Å². The molecule has 0 spiro atoms. The van der Waals surface area contributed by atoms with Gasteiger partial charge in [0.15, 0.2) is 6.61 Å². The fourth-order valence-corrected chi connectivity index (χ4v) is 4.80. The molecule has 0 bridgehead atoms. The summed E-state index contributed by atoms with van der Waals surface area (Å²) >= 11 is 0. The summed E-state index contributed by atoms with van der Waals surface area (Å²) in [5, 5.41) is 2.49. The average Bonchev–Trinajstić information content (AvgIpc) is 2.88. The van der Waals surface area contributed by atoms with Crippen molar-refractivity contribution in [3.63, 3.8) is 0 Å². The van der Waals surface area contributed by atoms with E-state index >= 15 is 0 Å². The first-order valence-corrected chi connectivity index (χ1v) is 12.0. The summed E-state index contributed by atoms with van der Waals surface area (Å²) in [7, 11) is -2.73. The normalized spacial score (nSPS) is 10.8. The summed E-state index contributed by atoms with van der Waals surface area (Å²) in [6.07, 6.45) is 0. The molecule has 0 heterocycles. The van der Waals surface area contributed by atoms with Crippen molar-refractivity contribution in [2.75, 3.05) is 29.9 Å². The van der Waals surface area contributed by atoms with Gasteiger partial charge in [0.25, 0.3) is 15.9 Å². The molecular weight excluding hydrogens is 472 g/mol. The molecule has 3 aromatic carbocycles. The van der Waals surface area contributed by atoms with Gasteiger partial charge < -0.3 is 14.8 Å². The molecule has 9 nitrogen and oxygen atoms in total. The quantitative estimate of drug-likeness (QED) is 0.451. The van der Waals surface area contributed by atoms with Crippen molar-refractivity contribution in [3.05, 3.63) is 90.0 Å².